The Morgan fingerprint density at radius 2 is 1.08 bits per heavy atom. The third-order valence-corrected chi connectivity index (χ3v) is 2.12. The molecule has 0 aliphatic heterocycles. The van der Waals surface area contributed by atoms with Gasteiger partial charge in [-0.25, -0.2) is 0 Å². The molecule has 0 radical (unpaired) electrons. The summed E-state index contributed by atoms with van der Waals surface area (Å²) in [4.78, 5) is 0. The Morgan fingerprint density at radius 1 is 0.923 bits per heavy atom. The standard InChI is InChI=1S/C6H16N2O2.2ClH.Pt/c1-5(2,7-9)6(3,4)8-10;;;/h7-10H,1-4H3;2*1H;/q;;;+2/p-2. The first-order valence-electron chi connectivity index (χ1n) is 3.44. The van der Waals surface area contributed by atoms with E-state index < -0.39 is 27.6 Å². The van der Waals surface area contributed by atoms with Crippen LogP contribution in [0.25, 0.3) is 0 Å². The van der Waals surface area contributed by atoms with Crippen LogP contribution in [0.4, 0.5) is 0 Å². The summed E-state index contributed by atoms with van der Waals surface area (Å²) in [6.07, 6.45) is 0. The van der Waals surface area contributed by atoms with Crippen LogP contribution < -0.4 is 11.0 Å². The second-order valence-corrected chi connectivity index (χ2v) is 6.80. The molecule has 4 nitrogen and oxygen atoms in total. The van der Waals surface area contributed by atoms with E-state index in [9.17, 15) is 0 Å². The van der Waals surface area contributed by atoms with E-state index in [1.165, 1.54) is 0 Å². The van der Waals surface area contributed by atoms with Crippen LogP contribution in [-0.2, 0) is 16.5 Å². The van der Waals surface area contributed by atoms with E-state index in [0.29, 0.717) is 0 Å². The van der Waals surface area contributed by atoms with E-state index in [2.05, 4.69) is 11.0 Å². The third kappa shape index (κ3) is 6.23. The number of hydrogen-bond donors (Lipinski definition) is 4. The van der Waals surface area contributed by atoms with Gasteiger partial charge in [-0.1, -0.05) is 0 Å². The molecule has 0 aromatic heterocycles. The third-order valence-electron chi connectivity index (χ3n) is 2.12. The maximum atomic E-state index is 8.66. The van der Waals surface area contributed by atoms with Crippen molar-refractivity contribution in [1.29, 1.82) is 0 Å². The Labute approximate surface area is 95.3 Å². The van der Waals surface area contributed by atoms with Gasteiger partial charge in [-0.3, -0.25) is 0 Å². The summed E-state index contributed by atoms with van der Waals surface area (Å²) in [5.41, 5.74) is 3.08. The van der Waals surface area contributed by atoms with E-state index in [4.69, 9.17) is 29.3 Å². The van der Waals surface area contributed by atoms with Gasteiger partial charge in [0, 0.05) is 0 Å². The Kier molecular flexibility index (Phi) is 9.42. The van der Waals surface area contributed by atoms with Gasteiger partial charge in [0.25, 0.3) is 0 Å². The Balaban J connectivity index is 0. The van der Waals surface area contributed by atoms with Crippen molar-refractivity contribution in [2.75, 3.05) is 0 Å². The van der Waals surface area contributed by atoms with Crippen LogP contribution in [0.1, 0.15) is 27.7 Å². The Bertz CT molecular complexity index is 122. The second kappa shape index (κ2) is 7.41. The van der Waals surface area contributed by atoms with Crippen molar-refractivity contribution < 1.29 is 26.9 Å². The van der Waals surface area contributed by atoms with Crippen molar-refractivity contribution in [2.24, 2.45) is 0 Å². The zero-order valence-corrected chi connectivity index (χ0v) is 11.8. The van der Waals surface area contributed by atoms with Crippen molar-refractivity contribution in [3.8, 4) is 0 Å². The molecule has 0 atom stereocenters. The van der Waals surface area contributed by atoms with Crippen LogP contribution in [0.2, 0.25) is 0 Å². The average Bonchev–Trinajstić information content (AvgIpc) is 2.05. The van der Waals surface area contributed by atoms with E-state index in [1.807, 2.05) is 0 Å². The number of halogens is 2. The molecular formula is C6H16Cl2N2O2Pt. The van der Waals surface area contributed by atoms with Crippen LogP contribution in [0.3, 0.4) is 0 Å². The first kappa shape index (κ1) is 16.5. The quantitative estimate of drug-likeness (QED) is 0.533. The van der Waals surface area contributed by atoms with Gasteiger partial charge in [0.2, 0.25) is 0 Å². The fourth-order valence-corrected chi connectivity index (χ4v) is 0.280. The van der Waals surface area contributed by atoms with Crippen LogP contribution in [0.5, 0.6) is 0 Å². The zero-order valence-electron chi connectivity index (χ0n) is 7.97. The minimum atomic E-state index is -0.568. The Morgan fingerprint density at radius 3 is 1.15 bits per heavy atom. The molecule has 0 heterocycles. The molecule has 0 aliphatic rings. The van der Waals surface area contributed by atoms with Crippen LogP contribution in [0, 0.1) is 0 Å². The summed E-state index contributed by atoms with van der Waals surface area (Å²) in [7, 11) is 9.75. The van der Waals surface area contributed by atoms with Crippen LogP contribution in [0.15, 0.2) is 0 Å². The molecule has 13 heavy (non-hydrogen) atoms. The SMILES string of the molecule is CC(C)(NO)C(C)(C)NO.[Cl][Pt][Cl]. The summed E-state index contributed by atoms with van der Waals surface area (Å²) in [6.45, 7) is 7.10. The summed E-state index contributed by atoms with van der Waals surface area (Å²) in [5, 5.41) is 17.3. The van der Waals surface area contributed by atoms with Gasteiger partial charge < -0.3 is 10.4 Å². The predicted octanol–water partition coefficient (Wildman–Crippen LogP) is 1.88. The molecule has 0 aromatic carbocycles. The van der Waals surface area contributed by atoms with Gasteiger partial charge in [0.15, 0.2) is 0 Å². The zero-order chi connectivity index (χ0) is 11.1. The van der Waals surface area contributed by atoms with E-state index in [0.717, 1.165) is 0 Å². The minimum absolute atomic E-state index is 0.472. The monoisotopic (exact) mass is 413 g/mol. The van der Waals surface area contributed by atoms with Crippen molar-refractivity contribution in [1.82, 2.24) is 11.0 Å². The molecule has 0 saturated heterocycles. The molecule has 0 amide bonds. The molecular weight excluding hydrogens is 398 g/mol. The molecule has 0 aromatic rings. The maximum absolute atomic E-state index is 8.66. The van der Waals surface area contributed by atoms with Gasteiger partial charge in [0.1, 0.15) is 0 Å². The molecule has 0 unspecified atom stereocenters. The van der Waals surface area contributed by atoms with Crippen molar-refractivity contribution in [3.63, 3.8) is 0 Å². The molecule has 0 fully saturated rings. The summed E-state index contributed by atoms with van der Waals surface area (Å²) in [6, 6.07) is 0. The molecule has 0 spiro atoms. The summed E-state index contributed by atoms with van der Waals surface area (Å²) < 4.78 is 0. The normalized spacial score (nSPS) is 12.3. The van der Waals surface area contributed by atoms with Crippen molar-refractivity contribution >= 4 is 18.8 Å². The number of hydroxylamine groups is 2. The number of nitrogens with one attached hydrogen (secondary N) is 2. The predicted molar refractivity (Wildman–Crippen MR) is 49.7 cm³/mol. The van der Waals surface area contributed by atoms with Gasteiger partial charge in [-0.15, -0.1) is 0 Å². The fraction of sp³-hybridized carbons (Fsp3) is 1.00. The number of hydrogen-bond acceptors (Lipinski definition) is 4. The molecule has 0 saturated carbocycles. The molecule has 86 valence electrons. The van der Waals surface area contributed by atoms with Crippen LogP contribution in [-0.4, -0.2) is 21.5 Å². The van der Waals surface area contributed by atoms with Gasteiger partial charge in [-0.2, -0.15) is 11.0 Å². The number of rotatable bonds is 3. The first-order chi connectivity index (χ1) is 5.79. The molecule has 0 aliphatic carbocycles. The molecule has 4 N–H and O–H groups in total. The first-order valence-corrected chi connectivity index (χ1v) is 9.07. The average molecular weight is 414 g/mol. The van der Waals surface area contributed by atoms with Gasteiger partial charge >= 0.3 is 35.3 Å². The van der Waals surface area contributed by atoms with Crippen molar-refractivity contribution in [2.45, 2.75) is 38.8 Å². The molecule has 0 rings (SSSR count). The molecule has 7 heteroatoms. The van der Waals surface area contributed by atoms with E-state index >= 15 is 0 Å². The molecule has 0 bridgehead atoms. The summed E-state index contributed by atoms with van der Waals surface area (Å²) in [5.74, 6) is 0. The van der Waals surface area contributed by atoms with E-state index in [-0.39, 0.29) is 0 Å². The van der Waals surface area contributed by atoms with E-state index in [1.54, 1.807) is 27.7 Å². The van der Waals surface area contributed by atoms with Gasteiger partial charge in [0.05, 0.1) is 11.1 Å². The summed E-state index contributed by atoms with van der Waals surface area (Å²) >= 11 is -0.472. The fourth-order valence-electron chi connectivity index (χ4n) is 0.280. The van der Waals surface area contributed by atoms with Crippen molar-refractivity contribution in [3.05, 3.63) is 0 Å². The topological polar surface area (TPSA) is 64.5 Å². The van der Waals surface area contributed by atoms with Gasteiger partial charge in [-0.05, 0) is 27.7 Å². The second-order valence-electron chi connectivity index (χ2n) is 3.52. The van der Waals surface area contributed by atoms with Crippen LogP contribution >= 0.6 is 18.8 Å². The Hall–Kier alpha value is 1.11.